The Bertz CT molecular complexity index is 679. The van der Waals surface area contributed by atoms with E-state index in [1.54, 1.807) is 12.1 Å². The van der Waals surface area contributed by atoms with Gasteiger partial charge in [0.1, 0.15) is 11.4 Å². The van der Waals surface area contributed by atoms with Crippen LogP contribution in [-0.2, 0) is 12.1 Å². The van der Waals surface area contributed by atoms with E-state index >= 15 is 0 Å². The van der Waals surface area contributed by atoms with Crippen LogP contribution in [0, 0.1) is 5.82 Å². The molecule has 0 saturated heterocycles. The second-order valence-corrected chi connectivity index (χ2v) is 4.31. The molecule has 2 heterocycles. The first-order valence-corrected chi connectivity index (χ1v) is 5.22. The molecule has 0 fully saturated rings. The zero-order chi connectivity index (χ0) is 12.2. The number of nitrogens with zero attached hydrogens (tertiary/aromatic N) is 1. The van der Waals surface area contributed by atoms with Crippen LogP contribution in [0.15, 0.2) is 29.1 Å². The Morgan fingerprint density at radius 3 is 2.76 bits per heavy atom. The predicted octanol–water partition coefficient (Wildman–Crippen LogP) is 0.334. The fourth-order valence-electron chi connectivity index (χ4n) is 2.44. The van der Waals surface area contributed by atoms with E-state index in [9.17, 15) is 19.4 Å². The average molecular weight is 235 g/mol. The lowest BCUT2D eigenvalue weighted by Crippen LogP contribution is -2.33. The highest BCUT2D eigenvalue weighted by Crippen LogP contribution is 2.37. The van der Waals surface area contributed by atoms with Gasteiger partial charge < -0.3 is 14.8 Å². The van der Waals surface area contributed by atoms with Crippen LogP contribution in [-0.4, -0.2) is 21.4 Å². The second-order valence-electron chi connectivity index (χ2n) is 4.31. The average Bonchev–Trinajstić information content (AvgIpc) is 2.64. The molecule has 17 heavy (non-hydrogen) atoms. The molecule has 2 N–H and O–H groups in total. The van der Waals surface area contributed by atoms with Crippen LogP contribution in [0.4, 0.5) is 4.39 Å². The monoisotopic (exact) mass is 235 g/mol. The van der Waals surface area contributed by atoms with Gasteiger partial charge in [-0.05, 0) is 23.6 Å². The molecule has 0 radical (unpaired) electrons. The molecule has 0 aliphatic carbocycles. The molecule has 1 aromatic heterocycles. The summed E-state index contributed by atoms with van der Waals surface area (Å²) in [5.74, 6) is -0.606. The number of hydrogen-bond acceptors (Lipinski definition) is 3. The number of halogens is 1. The molecule has 1 aliphatic rings. The number of aliphatic hydroxyl groups excluding tert-OH is 1. The second kappa shape index (κ2) is 3.15. The summed E-state index contributed by atoms with van der Waals surface area (Å²) in [6, 6.07) is 5.74. The Kier molecular flexibility index (Phi) is 1.93. The van der Waals surface area contributed by atoms with Gasteiger partial charge in [0.05, 0.1) is 18.7 Å². The predicted molar refractivity (Wildman–Crippen MR) is 59.1 cm³/mol. The van der Waals surface area contributed by atoms with E-state index < -0.39 is 18.0 Å². The molecule has 1 atom stereocenters. The van der Waals surface area contributed by atoms with Crippen molar-refractivity contribution in [2.75, 3.05) is 6.61 Å². The van der Waals surface area contributed by atoms with Gasteiger partial charge in [0.2, 0.25) is 0 Å². The van der Waals surface area contributed by atoms with Crippen molar-refractivity contribution in [1.29, 1.82) is 0 Å². The van der Waals surface area contributed by atoms with Crippen LogP contribution >= 0.6 is 0 Å². The molecule has 2 aromatic rings. The van der Waals surface area contributed by atoms with Gasteiger partial charge in [-0.2, -0.15) is 0 Å². The standard InChI is InChI=1S/C12H10FNO3/c13-8-3-1-7-2-4-9(16)14-5-12(17,6-15)10(8)11(7)14/h1-4,15,17H,5-6H2. The number of benzene rings is 1. The Morgan fingerprint density at radius 1 is 1.35 bits per heavy atom. The fourth-order valence-corrected chi connectivity index (χ4v) is 2.44. The highest BCUT2D eigenvalue weighted by Gasteiger charge is 2.40. The van der Waals surface area contributed by atoms with E-state index in [0.29, 0.717) is 10.9 Å². The molecule has 3 rings (SSSR count). The van der Waals surface area contributed by atoms with Crippen molar-refractivity contribution in [3.05, 3.63) is 46.0 Å². The lowest BCUT2D eigenvalue weighted by atomic mass is 9.95. The van der Waals surface area contributed by atoms with Crippen molar-refractivity contribution >= 4 is 10.9 Å². The van der Waals surface area contributed by atoms with Crippen LogP contribution in [0.5, 0.6) is 0 Å². The number of aromatic nitrogens is 1. The van der Waals surface area contributed by atoms with Gasteiger partial charge in [0, 0.05) is 11.6 Å². The molecule has 1 aromatic carbocycles. The maximum absolute atomic E-state index is 13.8. The van der Waals surface area contributed by atoms with Crippen molar-refractivity contribution in [1.82, 2.24) is 4.57 Å². The van der Waals surface area contributed by atoms with Crippen LogP contribution in [0.2, 0.25) is 0 Å². The molecular weight excluding hydrogens is 225 g/mol. The van der Waals surface area contributed by atoms with Gasteiger partial charge in [-0.25, -0.2) is 4.39 Å². The Balaban J connectivity index is 2.53. The largest absolute Gasteiger partial charge is 0.393 e. The zero-order valence-corrected chi connectivity index (χ0v) is 8.85. The van der Waals surface area contributed by atoms with Crippen molar-refractivity contribution in [3.8, 4) is 0 Å². The first-order chi connectivity index (χ1) is 8.07. The van der Waals surface area contributed by atoms with E-state index in [2.05, 4.69) is 0 Å². The van der Waals surface area contributed by atoms with Crippen molar-refractivity contribution < 1.29 is 14.6 Å². The van der Waals surface area contributed by atoms with Crippen molar-refractivity contribution in [2.45, 2.75) is 12.1 Å². The molecule has 1 unspecified atom stereocenters. The summed E-state index contributed by atoms with van der Waals surface area (Å²) in [5.41, 5.74) is -1.64. The topological polar surface area (TPSA) is 62.5 Å². The third kappa shape index (κ3) is 1.20. The highest BCUT2D eigenvalue weighted by atomic mass is 19.1. The smallest absolute Gasteiger partial charge is 0.251 e. The fraction of sp³-hybridized carbons (Fsp3) is 0.250. The van der Waals surface area contributed by atoms with Gasteiger partial charge in [-0.1, -0.05) is 0 Å². The van der Waals surface area contributed by atoms with Crippen molar-refractivity contribution in [3.63, 3.8) is 0 Å². The molecule has 0 saturated carbocycles. The normalized spacial score (nSPS) is 22.3. The number of hydrogen-bond donors (Lipinski definition) is 2. The summed E-state index contributed by atoms with van der Waals surface area (Å²) in [6.45, 7) is -0.736. The molecule has 4 nitrogen and oxygen atoms in total. The van der Waals surface area contributed by atoms with Gasteiger partial charge in [0.25, 0.3) is 5.56 Å². The lowest BCUT2D eigenvalue weighted by molar-refractivity contribution is -0.0268. The SMILES string of the molecule is O=c1ccc2ccc(F)c3c2n1CC3(O)CO. The molecule has 5 heteroatoms. The Hall–Kier alpha value is -1.72. The van der Waals surface area contributed by atoms with E-state index in [0.717, 1.165) is 0 Å². The number of rotatable bonds is 1. The summed E-state index contributed by atoms with van der Waals surface area (Å²) >= 11 is 0. The van der Waals surface area contributed by atoms with Crippen LogP contribution in [0.25, 0.3) is 10.9 Å². The van der Waals surface area contributed by atoms with Gasteiger partial charge in [-0.15, -0.1) is 0 Å². The number of aliphatic hydroxyl groups is 2. The summed E-state index contributed by atoms with van der Waals surface area (Å²) in [5, 5.41) is 20.1. The van der Waals surface area contributed by atoms with Gasteiger partial charge in [0.15, 0.2) is 0 Å². The molecule has 0 spiro atoms. The summed E-state index contributed by atoms with van der Waals surface area (Å²) in [6.07, 6.45) is 0. The minimum Gasteiger partial charge on any atom is -0.393 e. The van der Waals surface area contributed by atoms with Gasteiger partial charge >= 0.3 is 0 Å². The minimum absolute atomic E-state index is 0.00944. The van der Waals surface area contributed by atoms with E-state index in [-0.39, 0.29) is 17.7 Å². The van der Waals surface area contributed by atoms with E-state index in [4.69, 9.17) is 0 Å². The summed E-state index contributed by atoms with van der Waals surface area (Å²) in [4.78, 5) is 11.7. The third-order valence-corrected chi connectivity index (χ3v) is 3.25. The highest BCUT2D eigenvalue weighted by molar-refractivity contribution is 5.84. The molecular formula is C12H10FNO3. The van der Waals surface area contributed by atoms with Crippen LogP contribution in [0.3, 0.4) is 0 Å². The molecule has 0 bridgehead atoms. The molecule has 1 aliphatic heterocycles. The van der Waals surface area contributed by atoms with Crippen LogP contribution in [0.1, 0.15) is 5.56 Å². The lowest BCUT2D eigenvalue weighted by Gasteiger charge is -2.20. The van der Waals surface area contributed by atoms with E-state index in [1.165, 1.54) is 16.7 Å². The summed E-state index contributed by atoms with van der Waals surface area (Å²) in [7, 11) is 0. The first-order valence-electron chi connectivity index (χ1n) is 5.22. The maximum atomic E-state index is 13.8. The Morgan fingerprint density at radius 2 is 2.06 bits per heavy atom. The number of pyridine rings is 1. The summed E-state index contributed by atoms with van der Waals surface area (Å²) < 4.78 is 15.1. The quantitative estimate of drug-likeness (QED) is 0.749. The van der Waals surface area contributed by atoms with Gasteiger partial charge in [-0.3, -0.25) is 4.79 Å². The molecule has 0 amide bonds. The molecule has 88 valence electrons. The first kappa shape index (κ1) is 10.4. The minimum atomic E-state index is -1.71. The van der Waals surface area contributed by atoms with Crippen LogP contribution < -0.4 is 5.56 Å². The Labute approximate surface area is 95.5 Å². The van der Waals surface area contributed by atoms with Crippen molar-refractivity contribution in [2.24, 2.45) is 0 Å². The maximum Gasteiger partial charge on any atom is 0.251 e. The van der Waals surface area contributed by atoms with E-state index in [1.807, 2.05) is 0 Å². The third-order valence-electron chi connectivity index (χ3n) is 3.25. The zero-order valence-electron chi connectivity index (χ0n) is 8.85.